The molecule has 0 radical (unpaired) electrons. The molecule has 0 atom stereocenters. The normalized spacial score (nSPS) is 16.6. The van der Waals surface area contributed by atoms with E-state index in [1.807, 2.05) is 0 Å². The van der Waals surface area contributed by atoms with E-state index in [0.717, 1.165) is 38.2 Å². The molecule has 1 aliphatic rings. The van der Waals surface area contributed by atoms with Gasteiger partial charge in [-0.1, -0.05) is 19.3 Å². The number of nitro benzene ring substituents is 1. The van der Waals surface area contributed by atoms with Crippen molar-refractivity contribution in [2.75, 3.05) is 12.4 Å². The second-order valence-electron chi connectivity index (χ2n) is 5.14. The second kappa shape index (κ2) is 6.40. The Kier molecular flexibility index (Phi) is 4.79. The van der Waals surface area contributed by atoms with Crippen LogP contribution in [0.5, 0.6) is 0 Å². The van der Waals surface area contributed by atoms with Gasteiger partial charge >= 0.3 is 0 Å². The average Bonchev–Trinajstić information content (AvgIpc) is 2.47. The highest BCUT2D eigenvalue weighted by Crippen LogP contribution is 2.27. The summed E-state index contributed by atoms with van der Waals surface area (Å²) in [4.78, 5) is 10.2. The maximum Gasteiger partial charge on any atom is 0.270 e. The molecule has 1 saturated carbocycles. The Hall–Kier alpha value is -1.67. The summed E-state index contributed by atoms with van der Waals surface area (Å²) < 4.78 is 27.6. The quantitative estimate of drug-likeness (QED) is 0.641. The first-order valence-electron chi connectivity index (χ1n) is 6.92. The maximum absolute atomic E-state index is 12.5. The summed E-state index contributed by atoms with van der Waals surface area (Å²) in [5.74, 6) is 0. The van der Waals surface area contributed by atoms with Crippen LogP contribution in [0.3, 0.4) is 0 Å². The fourth-order valence-corrected chi connectivity index (χ4v) is 4.09. The summed E-state index contributed by atoms with van der Waals surface area (Å²) in [7, 11) is -2.19. The molecule has 0 unspecified atom stereocenters. The summed E-state index contributed by atoms with van der Waals surface area (Å²) in [6, 6.07) is 3.70. The molecule has 0 saturated heterocycles. The zero-order valence-electron chi connectivity index (χ0n) is 11.8. The van der Waals surface area contributed by atoms with Crippen LogP contribution >= 0.6 is 0 Å². The number of sulfonamides is 1. The van der Waals surface area contributed by atoms with Crippen LogP contribution in [0.2, 0.25) is 0 Å². The summed E-state index contributed by atoms with van der Waals surface area (Å²) in [5, 5.41) is 13.6. The standard InChI is InChI=1S/C13H19N3O4S/c1-14-12-8-7-11(16(17)18)9-13(12)21(19,20)15-10-5-3-2-4-6-10/h7-10,14-15H,2-6H2,1H3. The second-order valence-corrected chi connectivity index (χ2v) is 6.83. The molecule has 1 aromatic carbocycles. The van der Waals surface area contributed by atoms with Gasteiger partial charge in [-0.3, -0.25) is 10.1 Å². The Morgan fingerprint density at radius 2 is 1.90 bits per heavy atom. The predicted octanol–water partition coefficient (Wildman–Crippen LogP) is 2.25. The fraction of sp³-hybridized carbons (Fsp3) is 0.538. The van der Waals surface area contributed by atoms with Gasteiger partial charge < -0.3 is 5.32 Å². The number of nitrogens with one attached hydrogen (secondary N) is 2. The van der Waals surface area contributed by atoms with Crippen molar-refractivity contribution in [2.24, 2.45) is 0 Å². The number of nitro groups is 1. The number of nitrogens with zero attached hydrogens (tertiary/aromatic N) is 1. The Bertz CT molecular complexity index is 624. The van der Waals surface area contributed by atoms with E-state index in [1.165, 1.54) is 12.1 Å². The first-order chi connectivity index (χ1) is 9.94. The molecule has 2 rings (SSSR count). The third-order valence-electron chi connectivity index (χ3n) is 3.66. The van der Waals surface area contributed by atoms with Crippen LogP contribution in [0.15, 0.2) is 23.1 Å². The molecule has 21 heavy (non-hydrogen) atoms. The molecule has 2 N–H and O–H groups in total. The smallest absolute Gasteiger partial charge is 0.270 e. The van der Waals surface area contributed by atoms with E-state index < -0.39 is 14.9 Å². The van der Waals surface area contributed by atoms with Crippen molar-refractivity contribution in [1.82, 2.24) is 4.72 Å². The molecule has 1 aliphatic carbocycles. The van der Waals surface area contributed by atoms with Gasteiger partial charge in [-0.2, -0.15) is 0 Å². The minimum absolute atomic E-state index is 0.0789. The molecule has 0 aromatic heterocycles. The lowest BCUT2D eigenvalue weighted by Gasteiger charge is -2.23. The van der Waals surface area contributed by atoms with E-state index >= 15 is 0 Å². The van der Waals surface area contributed by atoms with E-state index in [2.05, 4.69) is 10.0 Å². The summed E-state index contributed by atoms with van der Waals surface area (Å²) in [5.41, 5.74) is 0.113. The zero-order chi connectivity index (χ0) is 15.5. The molecule has 1 aromatic rings. The minimum atomic E-state index is -3.78. The van der Waals surface area contributed by atoms with Crippen LogP contribution in [0.1, 0.15) is 32.1 Å². The Balaban J connectivity index is 2.32. The summed E-state index contributed by atoms with van der Waals surface area (Å²) >= 11 is 0. The number of rotatable bonds is 5. The molecule has 7 nitrogen and oxygen atoms in total. The number of anilines is 1. The van der Waals surface area contributed by atoms with Gasteiger partial charge in [0.25, 0.3) is 5.69 Å². The monoisotopic (exact) mass is 313 g/mol. The van der Waals surface area contributed by atoms with Gasteiger partial charge in [0.1, 0.15) is 4.90 Å². The molecule has 8 heteroatoms. The first kappa shape index (κ1) is 15.7. The molecule has 1 fully saturated rings. The predicted molar refractivity (Wildman–Crippen MR) is 79.8 cm³/mol. The Morgan fingerprint density at radius 1 is 1.24 bits per heavy atom. The largest absolute Gasteiger partial charge is 0.387 e. The topological polar surface area (TPSA) is 101 Å². The van der Waals surface area contributed by atoms with Crippen molar-refractivity contribution in [3.8, 4) is 0 Å². The van der Waals surface area contributed by atoms with Crippen LogP contribution in [0.25, 0.3) is 0 Å². The number of benzene rings is 1. The van der Waals surface area contributed by atoms with Crippen molar-refractivity contribution in [3.63, 3.8) is 0 Å². The molecule has 0 amide bonds. The van der Waals surface area contributed by atoms with Gasteiger partial charge in [0, 0.05) is 25.2 Å². The van der Waals surface area contributed by atoms with E-state index in [1.54, 1.807) is 7.05 Å². The van der Waals surface area contributed by atoms with Gasteiger partial charge in [-0.15, -0.1) is 0 Å². The molecular formula is C13H19N3O4S. The number of non-ortho nitro benzene ring substituents is 1. The Labute approximate surface area is 123 Å². The molecule has 0 aliphatic heterocycles. The lowest BCUT2D eigenvalue weighted by atomic mass is 9.96. The highest BCUT2D eigenvalue weighted by atomic mass is 32.2. The van der Waals surface area contributed by atoms with Crippen molar-refractivity contribution in [2.45, 2.75) is 43.0 Å². The third kappa shape index (κ3) is 3.70. The fourth-order valence-electron chi connectivity index (χ4n) is 2.56. The van der Waals surface area contributed by atoms with Crippen LogP contribution in [-0.4, -0.2) is 26.4 Å². The van der Waals surface area contributed by atoms with Gasteiger partial charge in [0.05, 0.1) is 10.6 Å². The Morgan fingerprint density at radius 3 is 2.48 bits per heavy atom. The van der Waals surface area contributed by atoms with Crippen molar-refractivity contribution < 1.29 is 13.3 Å². The molecule has 116 valence electrons. The van der Waals surface area contributed by atoms with Crippen molar-refractivity contribution in [1.29, 1.82) is 0 Å². The first-order valence-corrected chi connectivity index (χ1v) is 8.41. The molecule has 0 heterocycles. The number of hydrogen-bond donors (Lipinski definition) is 2. The zero-order valence-corrected chi connectivity index (χ0v) is 12.6. The lowest BCUT2D eigenvalue weighted by molar-refractivity contribution is -0.385. The van der Waals surface area contributed by atoms with E-state index in [9.17, 15) is 18.5 Å². The molecule has 0 bridgehead atoms. The van der Waals surface area contributed by atoms with Crippen molar-refractivity contribution in [3.05, 3.63) is 28.3 Å². The van der Waals surface area contributed by atoms with Crippen LogP contribution in [0, 0.1) is 10.1 Å². The van der Waals surface area contributed by atoms with Crippen molar-refractivity contribution >= 4 is 21.4 Å². The maximum atomic E-state index is 12.5. The SMILES string of the molecule is CNc1ccc([N+](=O)[O-])cc1S(=O)(=O)NC1CCCCC1. The molecule has 0 spiro atoms. The highest BCUT2D eigenvalue weighted by Gasteiger charge is 2.25. The summed E-state index contributed by atoms with van der Waals surface area (Å²) in [6.45, 7) is 0. The van der Waals surface area contributed by atoms with E-state index in [0.29, 0.717) is 5.69 Å². The van der Waals surface area contributed by atoms with Crippen LogP contribution in [0.4, 0.5) is 11.4 Å². The average molecular weight is 313 g/mol. The van der Waals surface area contributed by atoms with Gasteiger partial charge in [-0.05, 0) is 18.9 Å². The number of hydrogen-bond acceptors (Lipinski definition) is 5. The minimum Gasteiger partial charge on any atom is -0.387 e. The highest BCUT2D eigenvalue weighted by molar-refractivity contribution is 7.89. The third-order valence-corrected chi connectivity index (χ3v) is 5.22. The van der Waals surface area contributed by atoms with E-state index in [4.69, 9.17) is 0 Å². The van der Waals surface area contributed by atoms with E-state index in [-0.39, 0.29) is 16.6 Å². The van der Waals surface area contributed by atoms with Crippen LogP contribution in [-0.2, 0) is 10.0 Å². The van der Waals surface area contributed by atoms with Gasteiger partial charge in [0.2, 0.25) is 10.0 Å². The summed E-state index contributed by atoms with van der Waals surface area (Å²) in [6.07, 6.45) is 4.74. The van der Waals surface area contributed by atoms with Gasteiger partial charge in [-0.25, -0.2) is 13.1 Å². The lowest BCUT2D eigenvalue weighted by Crippen LogP contribution is -2.36. The van der Waals surface area contributed by atoms with Gasteiger partial charge in [0.15, 0.2) is 0 Å². The molecular weight excluding hydrogens is 294 g/mol. The van der Waals surface area contributed by atoms with Crippen LogP contribution < -0.4 is 10.0 Å².